The number of carbonyl (C=O) groups excluding carboxylic acids is 2. The van der Waals surface area contributed by atoms with E-state index in [9.17, 15) is 22.8 Å². The average Bonchev–Trinajstić information content (AvgIpc) is 3.66. The number of hydrogen-bond acceptors (Lipinski definition) is 2. The first-order valence-electron chi connectivity index (χ1n) is 12.8. The number of halogens is 4. The van der Waals surface area contributed by atoms with E-state index in [1.807, 2.05) is 59.3 Å². The Morgan fingerprint density at radius 3 is 2.27 bits per heavy atom. The Bertz CT molecular complexity index is 1580. The SMILES string of the molecule is O=C(Nc1ccccc1C(F)(F)F)N(CC(=O)N1c2ccccc2-n2cccc2C1c1ccc(Cl)cc1)C1CC1. The van der Waals surface area contributed by atoms with E-state index in [-0.39, 0.29) is 24.2 Å². The highest BCUT2D eigenvalue weighted by atomic mass is 35.5. The molecular formula is C30H24ClF3N4O2. The summed E-state index contributed by atoms with van der Waals surface area (Å²) in [5.74, 6) is -0.356. The molecule has 0 spiro atoms. The van der Waals surface area contributed by atoms with Gasteiger partial charge in [0.1, 0.15) is 12.6 Å². The molecule has 1 atom stereocenters. The van der Waals surface area contributed by atoms with Crippen LogP contribution in [0.2, 0.25) is 5.02 Å². The van der Waals surface area contributed by atoms with E-state index in [0.717, 1.165) is 23.0 Å². The van der Waals surface area contributed by atoms with E-state index in [2.05, 4.69) is 5.32 Å². The van der Waals surface area contributed by atoms with Gasteiger partial charge >= 0.3 is 12.2 Å². The van der Waals surface area contributed by atoms with Crippen molar-refractivity contribution in [2.24, 2.45) is 0 Å². The number of rotatable bonds is 5. The Hall–Kier alpha value is -4.24. The lowest BCUT2D eigenvalue weighted by atomic mass is 9.97. The summed E-state index contributed by atoms with van der Waals surface area (Å²) >= 11 is 6.15. The normalized spacial score (nSPS) is 16.2. The van der Waals surface area contributed by atoms with E-state index < -0.39 is 23.8 Å². The molecule has 1 aliphatic carbocycles. The molecule has 1 aromatic heterocycles. The molecule has 40 heavy (non-hydrogen) atoms. The van der Waals surface area contributed by atoms with Crippen LogP contribution in [0.15, 0.2) is 91.1 Å². The van der Waals surface area contributed by atoms with Crippen molar-refractivity contribution in [1.82, 2.24) is 9.47 Å². The highest BCUT2D eigenvalue weighted by molar-refractivity contribution is 6.30. The summed E-state index contributed by atoms with van der Waals surface area (Å²) in [6.07, 6.45) is -1.37. The second-order valence-electron chi connectivity index (χ2n) is 9.84. The summed E-state index contributed by atoms with van der Waals surface area (Å²) in [7, 11) is 0. The average molecular weight is 565 g/mol. The highest BCUT2D eigenvalue weighted by Crippen LogP contribution is 2.43. The molecule has 1 N–H and O–H groups in total. The Kier molecular flexibility index (Phi) is 6.54. The van der Waals surface area contributed by atoms with Crippen molar-refractivity contribution in [1.29, 1.82) is 0 Å². The number of hydrogen-bond donors (Lipinski definition) is 1. The Morgan fingerprint density at radius 2 is 1.57 bits per heavy atom. The van der Waals surface area contributed by atoms with Crippen LogP contribution in [0.1, 0.15) is 35.7 Å². The topological polar surface area (TPSA) is 57.6 Å². The van der Waals surface area contributed by atoms with Gasteiger partial charge in [0.25, 0.3) is 0 Å². The maximum Gasteiger partial charge on any atom is 0.418 e. The molecule has 204 valence electrons. The van der Waals surface area contributed by atoms with E-state index in [4.69, 9.17) is 11.6 Å². The third-order valence-corrected chi connectivity index (χ3v) is 7.45. The number of carbonyl (C=O) groups is 2. The van der Waals surface area contributed by atoms with Gasteiger partial charge in [-0.25, -0.2) is 4.79 Å². The number of amides is 3. The fraction of sp³-hybridized carbons (Fsp3) is 0.200. The van der Waals surface area contributed by atoms with Gasteiger partial charge in [-0.15, -0.1) is 0 Å². The fourth-order valence-corrected chi connectivity index (χ4v) is 5.35. The van der Waals surface area contributed by atoms with Crippen molar-refractivity contribution in [3.8, 4) is 5.69 Å². The second kappa shape index (κ2) is 10.1. The maximum atomic E-state index is 14.2. The quantitative estimate of drug-likeness (QED) is 0.277. The fourth-order valence-electron chi connectivity index (χ4n) is 5.22. The van der Waals surface area contributed by atoms with E-state index >= 15 is 0 Å². The molecule has 2 aliphatic rings. The van der Waals surface area contributed by atoms with Crippen molar-refractivity contribution < 1.29 is 22.8 Å². The zero-order chi connectivity index (χ0) is 28.0. The van der Waals surface area contributed by atoms with Gasteiger partial charge < -0.3 is 14.8 Å². The third-order valence-electron chi connectivity index (χ3n) is 7.20. The lowest BCUT2D eigenvalue weighted by Crippen LogP contribution is -2.48. The Labute approximate surface area is 233 Å². The van der Waals surface area contributed by atoms with Crippen LogP contribution in [-0.2, 0) is 11.0 Å². The van der Waals surface area contributed by atoms with Crippen LogP contribution in [0.25, 0.3) is 5.69 Å². The summed E-state index contributed by atoms with van der Waals surface area (Å²) in [5.41, 5.74) is 1.86. The number of anilines is 2. The van der Waals surface area contributed by atoms with Crippen LogP contribution >= 0.6 is 11.6 Å². The lowest BCUT2D eigenvalue weighted by Gasteiger charge is -2.39. The van der Waals surface area contributed by atoms with Gasteiger partial charge in [0, 0.05) is 17.3 Å². The number of aromatic nitrogens is 1. The predicted octanol–water partition coefficient (Wildman–Crippen LogP) is 7.28. The third kappa shape index (κ3) is 4.81. The number of para-hydroxylation sites is 3. The number of benzene rings is 3. The zero-order valence-corrected chi connectivity index (χ0v) is 21.9. The smallest absolute Gasteiger partial charge is 0.316 e. The molecule has 1 unspecified atom stereocenters. The van der Waals surface area contributed by atoms with Gasteiger partial charge in [-0.3, -0.25) is 9.69 Å². The minimum atomic E-state index is -4.64. The minimum absolute atomic E-state index is 0.236. The molecule has 4 aromatic rings. The number of fused-ring (bicyclic) bond motifs is 3. The molecule has 3 amide bonds. The highest BCUT2D eigenvalue weighted by Gasteiger charge is 2.41. The van der Waals surface area contributed by atoms with E-state index in [1.54, 1.807) is 17.0 Å². The monoisotopic (exact) mass is 564 g/mol. The number of alkyl halides is 3. The predicted molar refractivity (Wildman–Crippen MR) is 147 cm³/mol. The van der Waals surface area contributed by atoms with Crippen LogP contribution in [0.4, 0.5) is 29.3 Å². The molecule has 0 saturated heterocycles. The molecule has 1 fully saturated rings. The van der Waals surface area contributed by atoms with Crippen molar-refractivity contribution in [3.05, 3.63) is 113 Å². The van der Waals surface area contributed by atoms with Gasteiger partial charge in [0.2, 0.25) is 5.91 Å². The number of nitrogens with one attached hydrogen (secondary N) is 1. The minimum Gasteiger partial charge on any atom is -0.316 e. The molecule has 2 heterocycles. The van der Waals surface area contributed by atoms with Crippen LogP contribution < -0.4 is 10.2 Å². The van der Waals surface area contributed by atoms with Gasteiger partial charge in [-0.05, 0) is 66.9 Å². The Morgan fingerprint density at radius 1 is 0.900 bits per heavy atom. The summed E-state index contributed by atoms with van der Waals surface area (Å²) in [6.45, 7) is -0.302. The van der Waals surface area contributed by atoms with Crippen LogP contribution in [0.5, 0.6) is 0 Å². The van der Waals surface area contributed by atoms with Crippen LogP contribution in [-0.4, -0.2) is 34.0 Å². The van der Waals surface area contributed by atoms with E-state index in [0.29, 0.717) is 23.6 Å². The zero-order valence-electron chi connectivity index (χ0n) is 21.1. The maximum absolute atomic E-state index is 14.2. The molecule has 6 nitrogen and oxygen atoms in total. The summed E-state index contributed by atoms with van der Waals surface area (Å²) in [4.78, 5) is 30.5. The van der Waals surface area contributed by atoms with Crippen molar-refractivity contribution in [2.75, 3.05) is 16.8 Å². The lowest BCUT2D eigenvalue weighted by molar-refractivity contribution is -0.137. The molecular weight excluding hydrogens is 541 g/mol. The molecule has 1 saturated carbocycles. The molecule has 10 heteroatoms. The molecule has 0 radical (unpaired) electrons. The number of urea groups is 1. The number of nitrogens with zero attached hydrogens (tertiary/aromatic N) is 3. The first-order valence-corrected chi connectivity index (χ1v) is 13.2. The molecule has 0 bridgehead atoms. The molecule has 3 aromatic carbocycles. The standard InChI is InChI=1S/C30H24ClF3N4O2/c31-20-13-11-19(12-14-20)28-26-10-5-17-36(26)24-8-3-4-9-25(24)38(28)27(39)18-37(21-15-16-21)29(40)35-23-7-2-1-6-22(23)30(32,33)34/h1-14,17,21,28H,15-16,18H2,(H,35,40). The second-order valence-corrected chi connectivity index (χ2v) is 10.3. The largest absolute Gasteiger partial charge is 0.418 e. The summed E-state index contributed by atoms with van der Waals surface area (Å²) < 4.78 is 42.7. The van der Waals surface area contributed by atoms with E-state index in [1.165, 1.54) is 23.1 Å². The first kappa shape index (κ1) is 26.0. The van der Waals surface area contributed by atoms with Gasteiger partial charge in [-0.2, -0.15) is 13.2 Å². The van der Waals surface area contributed by atoms with Crippen molar-refractivity contribution in [3.63, 3.8) is 0 Å². The van der Waals surface area contributed by atoms with Crippen molar-refractivity contribution >= 4 is 34.9 Å². The molecule has 1 aliphatic heterocycles. The van der Waals surface area contributed by atoms with Crippen molar-refractivity contribution in [2.45, 2.75) is 31.1 Å². The summed E-state index contributed by atoms with van der Waals surface area (Å²) in [6, 6.07) is 21.9. The van der Waals surface area contributed by atoms with Gasteiger partial charge in [0.05, 0.1) is 28.3 Å². The molecule has 6 rings (SSSR count). The van der Waals surface area contributed by atoms with Gasteiger partial charge in [0.15, 0.2) is 0 Å². The van der Waals surface area contributed by atoms with Crippen LogP contribution in [0, 0.1) is 0 Å². The first-order chi connectivity index (χ1) is 19.2. The van der Waals surface area contributed by atoms with Crippen LogP contribution in [0.3, 0.4) is 0 Å². The summed E-state index contributed by atoms with van der Waals surface area (Å²) in [5, 5.41) is 2.96. The Balaban J connectivity index is 1.35. The van der Waals surface area contributed by atoms with Gasteiger partial charge in [-0.1, -0.05) is 48.0 Å².